The molecule has 1 heterocycles. The van der Waals surface area contributed by atoms with Gasteiger partial charge in [0, 0.05) is 12.2 Å². The second-order valence-electron chi connectivity index (χ2n) is 9.02. The molecule has 0 spiro atoms. The third kappa shape index (κ3) is 4.64. The summed E-state index contributed by atoms with van der Waals surface area (Å²) in [7, 11) is -3.95. The Bertz CT molecular complexity index is 1480. The van der Waals surface area contributed by atoms with Gasteiger partial charge in [-0.2, -0.15) is 0 Å². The number of carbonyl (C=O) groups excluding carboxylic acids is 1. The van der Waals surface area contributed by atoms with Crippen molar-refractivity contribution < 1.29 is 13.2 Å². The number of para-hydroxylation sites is 2. The number of nitrogens with zero attached hydrogens (tertiary/aromatic N) is 2. The second-order valence-corrected chi connectivity index (χ2v) is 10.9. The highest BCUT2D eigenvalue weighted by Gasteiger charge is 2.31. The average Bonchev–Trinajstić information content (AvgIpc) is 2.92. The van der Waals surface area contributed by atoms with Gasteiger partial charge in [0.15, 0.2) is 0 Å². The van der Waals surface area contributed by atoms with Crippen LogP contribution in [-0.4, -0.2) is 20.9 Å². The Morgan fingerprint density at radius 1 is 0.833 bits per heavy atom. The number of hydrogen-bond donors (Lipinski definition) is 0. The van der Waals surface area contributed by atoms with E-state index in [-0.39, 0.29) is 17.3 Å². The van der Waals surface area contributed by atoms with Crippen molar-refractivity contribution in [3.63, 3.8) is 0 Å². The summed E-state index contributed by atoms with van der Waals surface area (Å²) in [6.45, 7) is 2.62. The van der Waals surface area contributed by atoms with Crippen molar-refractivity contribution in [1.29, 1.82) is 0 Å². The summed E-state index contributed by atoms with van der Waals surface area (Å²) in [5.74, 6) is -0.199. The highest BCUT2D eigenvalue weighted by molar-refractivity contribution is 7.92. The van der Waals surface area contributed by atoms with Crippen LogP contribution in [0.5, 0.6) is 0 Å². The SMILES string of the molecule is Cc1ccc(S(=O)(=O)N(Cc2ccccc2)c2ccccc2C(=O)N2CCCc3ccccc32)cc1. The number of sulfonamides is 1. The van der Waals surface area contributed by atoms with Crippen LogP contribution in [0, 0.1) is 6.92 Å². The topological polar surface area (TPSA) is 57.7 Å². The Morgan fingerprint density at radius 3 is 2.28 bits per heavy atom. The van der Waals surface area contributed by atoms with Crippen molar-refractivity contribution in [2.24, 2.45) is 0 Å². The van der Waals surface area contributed by atoms with Crippen molar-refractivity contribution in [3.8, 4) is 0 Å². The molecular formula is C30H28N2O3S. The summed E-state index contributed by atoms with van der Waals surface area (Å²) in [4.78, 5) is 15.9. The first-order valence-corrected chi connectivity index (χ1v) is 13.5. The van der Waals surface area contributed by atoms with E-state index in [1.807, 2.05) is 61.5 Å². The normalized spacial score (nSPS) is 13.2. The lowest BCUT2D eigenvalue weighted by Gasteiger charge is -2.32. The number of aryl methyl sites for hydroxylation is 2. The van der Waals surface area contributed by atoms with Crippen LogP contribution in [0.4, 0.5) is 11.4 Å². The van der Waals surface area contributed by atoms with Crippen molar-refractivity contribution in [1.82, 2.24) is 0 Å². The molecule has 0 saturated heterocycles. The van der Waals surface area contributed by atoms with E-state index in [9.17, 15) is 13.2 Å². The third-order valence-electron chi connectivity index (χ3n) is 6.54. The molecule has 36 heavy (non-hydrogen) atoms. The minimum Gasteiger partial charge on any atom is -0.308 e. The van der Waals surface area contributed by atoms with E-state index in [0.29, 0.717) is 17.8 Å². The molecular weight excluding hydrogens is 468 g/mol. The van der Waals surface area contributed by atoms with Gasteiger partial charge in [-0.05, 0) is 61.2 Å². The first-order valence-electron chi connectivity index (χ1n) is 12.1. The molecule has 1 aliphatic heterocycles. The quantitative estimate of drug-likeness (QED) is 0.330. The monoisotopic (exact) mass is 496 g/mol. The van der Waals surface area contributed by atoms with Gasteiger partial charge in [0.2, 0.25) is 0 Å². The number of carbonyl (C=O) groups is 1. The highest BCUT2D eigenvalue weighted by atomic mass is 32.2. The molecule has 5 rings (SSSR count). The van der Waals surface area contributed by atoms with Gasteiger partial charge in [-0.3, -0.25) is 9.10 Å². The molecule has 0 radical (unpaired) electrons. The van der Waals surface area contributed by atoms with E-state index in [2.05, 4.69) is 0 Å². The summed E-state index contributed by atoms with van der Waals surface area (Å²) in [5, 5.41) is 0. The molecule has 0 fully saturated rings. The molecule has 5 nitrogen and oxygen atoms in total. The molecule has 6 heteroatoms. The van der Waals surface area contributed by atoms with Gasteiger partial charge >= 0.3 is 0 Å². The number of amides is 1. The molecule has 4 aromatic carbocycles. The molecule has 0 aromatic heterocycles. The molecule has 0 unspecified atom stereocenters. The Balaban J connectivity index is 1.62. The van der Waals surface area contributed by atoms with Crippen LogP contribution >= 0.6 is 0 Å². The van der Waals surface area contributed by atoms with Crippen LogP contribution in [-0.2, 0) is 23.0 Å². The van der Waals surface area contributed by atoms with Gasteiger partial charge in [0.25, 0.3) is 15.9 Å². The minimum atomic E-state index is -3.95. The predicted octanol–water partition coefficient (Wildman–Crippen LogP) is 5.98. The van der Waals surface area contributed by atoms with Crippen molar-refractivity contribution in [3.05, 3.63) is 125 Å². The molecule has 0 N–H and O–H groups in total. The minimum absolute atomic E-state index is 0.109. The number of rotatable bonds is 6. The largest absolute Gasteiger partial charge is 0.308 e. The Kier molecular flexibility index (Phi) is 6.61. The number of anilines is 2. The fraction of sp³-hybridized carbons (Fsp3) is 0.167. The second kappa shape index (κ2) is 9.99. The first-order chi connectivity index (χ1) is 17.4. The van der Waals surface area contributed by atoms with E-state index in [4.69, 9.17) is 0 Å². The number of fused-ring (bicyclic) bond motifs is 1. The van der Waals surface area contributed by atoms with Crippen molar-refractivity contribution >= 4 is 27.3 Å². The maximum atomic E-state index is 14.0. The summed E-state index contributed by atoms with van der Waals surface area (Å²) in [5.41, 5.74) is 4.56. The highest BCUT2D eigenvalue weighted by Crippen LogP contribution is 2.33. The fourth-order valence-corrected chi connectivity index (χ4v) is 6.12. The fourth-order valence-electron chi connectivity index (χ4n) is 4.65. The molecule has 0 atom stereocenters. The first kappa shape index (κ1) is 23.8. The third-order valence-corrected chi connectivity index (χ3v) is 8.31. The van der Waals surface area contributed by atoms with Gasteiger partial charge in [-0.25, -0.2) is 8.42 Å². The summed E-state index contributed by atoms with van der Waals surface area (Å²) < 4.78 is 29.4. The maximum absolute atomic E-state index is 14.0. The molecule has 1 aliphatic rings. The molecule has 4 aromatic rings. The molecule has 0 aliphatic carbocycles. The van der Waals surface area contributed by atoms with Gasteiger partial charge < -0.3 is 4.90 Å². The molecule has 0 saturated carbocycles. The van der Waals surface area contributed by atoms with Gasteiger partial charge in [-0.15, -0.1) is 0 Å². The van der Waals surface area contributed by atoms with Crippen LogP contribution in [0.1, 0.15) is 33.5 Å². The molecule has 0 bridgehead atoms. The molecule has 1 amide bonds. The lowest BCUT2D eigenvalue weighted by Crippen LogP contribution is -2.38. The van der Waals surface area contributed by atoms with Crippen LogP contribution in [0.25, 0.3) is 0 Å². The smallest absolute Gasteiger partial charge is 0.264 e. The molecule has 182 valence electrons. The average molecular weight is 497 g/mol. The van der Waals surface area contributed by atoms with Crippen LogP contribution in [0.3, 0.4) is 0 Å². The zero-order valence-corrected chi connectivity index (χ0v) is 21.0. The van der Waals surface area contributed by atoms with Crippen LogP contribution in [0.2, 0.25) is 0 Å². The maximum Gasteiger partial charge on any atom is 0.264 e. The lowest BCUT2D eigenvalue weighted by atomic mass is 10.0. The van der Waals surface area contributed by atoms with Crippen LogP contribution in [0.15, 0.2) is 108 Å². The van der Waals surface area contributed by atoms with E-state index >= 15 is 0 Å². The van der Waals surface area contributed by atoms with Crippen molar-refractivity contribution in [2.75, 3.05) is 15.7 Å². The zero-order chi connectivity index (χ0) is 25.1. The Labute approximate surface area is 212 Å². The lowest BCUT2D eigenvalue weighted by molar-refractivity contribution is 0.0985. The van der Waals surface area contributed by atoms with E-state index in [1.54, 1.807) is 53.4 Å². The number of hydrogen-bond acceptors (Lipinski definition) is 3. The zero-order valence-electron chi connectivity index (χ0n) is 20.2. The van der Waals surface area contributed by atoms with Gasteiger partial charge in [0.05, 0.1) is 22.7 Å². The van der Waals surface area contributed by atoms with Crippen molar-refractivity contribution in [2.45, 2.75) is 31.2 Å². The van der Waals surface area contributed by atoms with E-state index in [1.165, 1.54) is 4.31 Å². The predicted molar refractivity (Wildman–Crippen MR) is 144 cm³/mol. The van der Waals surface area contributed by atoms with Crippen LogP contribution < -0.4 is 9.21 Å². The van der Waals surface area contributed by atoms with Gasteiger partial charge in [-0.1, -0.05) is 78.4 Å². The summed E-state index contributed by atoms with van der Waals surface area (Å²) >= 11 is 0. The number of benzene rings is 4. The summed E-state index contributed by atoms with van der Waals surface area (Å²) in [6, 6.07) is 31.2. The van der Waals surface area contributed by atoms with E-state index in [0.717, 1.165) is 35.2 Å². The Morgan fingerprint density at radius 2 is 1.50 bits per heavy atom. The summed E-state index contributed by atoms with van der Waals surface area (Å²) in [6.07, 6.45) is 1.78. The Hall–Kier alpha value is -3.90. The van der Waals surface area contributed by atoms with Gasteiger partial charge in [0.1, 0.15) is 0 Å². The standard InChI is InChI=1S/C30H28N2O3S/c1-23-17-19-26(20-18-23)36(34,35)32(22-24-10-3-2-4-11-24)29-16-8-6-14-27(29)30(33)31-21-9-13-25-12-5-7-15-28(25)31/h2-8,10-12,14-20H,9,13,21-22H2,1H3. The van der Waals surface area contributed by atoms with E-state index < -0.39 is 10.0 Å².